The lowest BCUT2D eigenvalue weighted by atomic mass is 10.1. The van der Waals surface area contributed by atoms with Gasteiger partial charge in [-0.3, -0.25) is 9.59 Å². The third-order valence-electron chi connectivity index (χ3n) is 2.13. The highest BCUT2D eigenvalue weighted by atomic mass is 35.5. The summed E-state index contributed by atoms with van der Waals surface area (Å²) in [7, 11) is 0. The Morgan fingerprint density at radius 2 is 2.11 bits per heavy atom. The van der Waals surface area contributed by atoms with Crippen LogP contribution >= 0.6 is 11.6 Å². The fourth-order valence-corrected chi connectivity index (χ4v) is 1.70. The molecule has 1 aromatic rings. The molecule has 0 saturated carbocycles. The van der Waals surface area contributed by atoms with Crippen molar-refractivity contribution in [3.63, 3.8) is 0 Å². The Bertz CT molecular complexity index is 468. The second-order valence-corrected chi connectivity index (χ2v) is 4.08. The molecule has 96 valence electrons. The molecule has 0 bridgehead atoms. The maximum absolute atomic E-state index is 12.1. The van der Waals surface area contributed by atoms with E-state index in [1.165, 1.54) is 24.3 Å². The topological polar surface area (TPSA) is 83.6 Å². The van der Waals surface area contributed by atoms with Crippen molar-refractivity contribution in [2.24, 2.45) is 0 Å². The number of hydrogen-bond acceptors (Lipinski definition) is 3. The molecule has 6 heteroatoms. The highest BCUT2D eigenvalue weighted by molar-refractivity contribution is 6.31. The van der Waals surface area contributed by atoms with E-state index in [4.69, 9.17) is 22.4 Å². The number of nitrogens with zero attached hydrogens (tertiary/aromatic N) is 1. The highest BCUT2D eigenvalue weighted by Gasteiger charge is 2.18. The summed E-state index contributed by atoms with van der Waals surface area (Å²) in [5, 5.41) is 9.06. The average molecular weight is 269 g/mol. The summed E-state index contributed by atoms with van der Waals surface area (Å²) < 4.78 is 0. The first-order valence-electron chi connectivity index (χ1n) is 5.12. The molecule has 1 rings (SSSR count). The van der Waals surface area contributed by atoms with E-state index in [1.54, 1.807) is 0 Å². The predicted octanol–water partition coefficient (Wildman–Crippen LogP) is 1.63. The van der Waals surface area contributed by atoms with E-state index in [0.29, 0.717) is 10.7 Å². The molecule has 0 unspecified atom stereocenters. The minimum Gasteiger partial charge on any atom is -0.480 e. The number of rotatable bonds is 5. The van der Waals surface area contributed by atoms with Gasteiger partial charge in [0.05, 0.1) is 0 Å². The van der Waals surface area contributed by atoms with Crippen molar-refractivity contribution in [1.82, 2.24) is 4.90 Å². The van der Waals surface area contributed by atoms with Crippen molar-refractivity contribution in [3.8, 4) is 0 Å². The molecule has 0 radical (unpaired) electrons. The summed E-state index contributed by atoms with van der Waals surface area (Å²) in [6, 6.07) is 4.40. The van der Waals surface area contributed by atoms with E-state index in [-0.39, 0.29) is 12.1 Å². The molecule has 18 heavy (non-hydrogen) atoms. The lowest BCUT2D eigenvalue weighted by molar-refractivity contribution is -0.137. The van der Waals surface area contributed by atoms with Crippen LogP contribution in [0.5, 0.6) is 0 Å². The molecular weight excluding hydrogens is 256 g/mol. The van der Waals surface area contributed by atoms with Crippen molar-refractivity contribution in [2.45, 2.75) is 0 Å². The van der Waals surface area contributed by atoms with Gasteiger partial charge < -0.3 is 15.7 Å². The number of hydrogen-bond donors (Lipinski definition) is 2. The zero-order valence-electron chi connectivity index (χ0n) is 9.60. The number of anilines is 1. The maximum Gasteiger partial charge on any atom is 0.323 e. The smallest absolute Gasteiger partial charge is 0.323 e. The number of amides is 1. The number of carbonyl (C=O) groups excluding carboxylic acids is 1. The van der Waals surface area contributed by atoms with Gasteiger partial charge in [-0.05, 0) is 18.2 Å². The van der Waals surface area contributed by atoms with Gasteiger partial charge in [-0.1, -0.05) is 17.7 Å². The van der Waals surface area contributed by atoms with Crippen LogP contribution in [-0.4, -0.2) is 35.0 Å². The molecule has 1 amide bonds. The molecule has 1 aromatic carbocycles. The van der Waals surface area contributed by atoms with Gasteiger partial charge in [-0.2, -0.15) is 0 Å². The Morgan fingerprint density at radius 3 is 2.61 bits per heavy atom. The quantitative estimate of drug-likeness (QED) is 0.628. The number of aliphatic carboxylic acids is 1. The Hall–Kier alpha value is -2.01. The van der Waals surface area contributed by atoms with Gasteiger partial charge in [0, 0.05) is 22.8 Å². The second kappa shape index (κ2) is 6.07. The van der Waals surface area contributed by atoms with Crippen LogP contribution in [0, 0.1) is 0 Å². The third kappa shape index (κ3) is 3.78. The van der Waals surface area contributed by atoms with Crippen molar-refractivity contribution in [3.05, 3.63) is 41.4 Å². The van der Waals surface area contributed by atoms with Crippen LogP contribution in [0.15, 0.2) is 30.9 Å². The molecule has 3 N–H and O–H groups in total. The number of halogens is 1. The number of nitrogens with two attached hydrogens (primary N) is 1. The van der Waals surface area contributed by atoms with Crippen LogP contribution in [0.2, 0.25) is 5.02 Å². The maximum atomic E-state index is 12.1. The molecule has 0 aliphatic heterocycles. The summed E-state index contributed by atoms with van der Waals surface area (Å²) >= 11 is 5.79. The van der Waals surface area contributed by atoms with Gasteiger partial charge in [0.1, 0.15) is 6.54 Å². The van der Waals surface area contributed by atoms with Gasteiger partial charge in [0.25, 0.3) is 5.91 Å². The van der Waals surface area contributed by atoms with Gasteiger partial charge in [-0.15, -0.1) is 6.58 Å². The number of carbonyl (C=O) groups is 2. The Balaban J connectivity index is 3.00. The molecule has 0 aromatic heterocycles. The van der Waals surface area contributed by atoms with E-state index < -0.39 is 18.4 Å². The minimum absolute atomic E-state index is 0.136. The Morgan fingerprint density at radius 1 is 1.44 bits per heavy atom. The van der Waals surface area contributed by atoms with Crippen LogP contribution in [0.3, 0.4) is 0 Å². The minimum atomic E-state index is -1.10. The summed E-state index contributed by atoms with van der Waals surface area (Å²) in [4.78, 5) is 23.9. The second-order valence-electron chi connectivity index (χ2n) is 3.64. The molecule has 0 aliphatic rings. The summed E-state index contributed by atoms with van der Waals surface area (Å²) in [5.41, 5.74) is 6.18. The molecule has 0 heterocycles. The first-order valence-corrected chi connectivity index (χ1v) is 5.50. The zero-order chi connectivity index (χ0) is 13.7. The first-order chi connectivity index (χ1) is 8.43. The largest absolute Gasteiger partial charge is 0.480 e. The van der Waals surface area contributed by atoms with Crippen molar-refractivity contribution in [2.75, 3.05) is 18.8 Å². The molecule has 0 saturated heterocycles. The van der Waals surface area contributed by atoms with E-state index in [1.807, 2.05) is 0 Å². The molecule has 5 nitrogen and oxygen atoms in total. The standard InChI is InChI=1S/C12H13ClN2O3/c1-2-3-15(7-11(16)17)12(18)8-4-9(13)6-10(14)5-8/h2,4-6H,1,3,7,14H2,(H,16,17). The van der Waals surface area contributed by atoms with Crippen LogP contribution in [-0.2, 0) is 4.79 Å². The number of benzene rings is 1. The van der Waals surface area contributed by atoms with Gasteiger partial charge in [0.15, 0.2) is 0 Å². The van der Waals surface area contributed by atoms with Crippen LogP contribution in [0.4, 0.5) is 5.69 Å². The summed E-state index contributed by atoms with van der Waals surface area (Å²) in [6.07, 6.45) is 1.45. The van der Waals surface area contributed by atoms with Crippen LogP contribution in [0.25, 0.3) is 0 Å². The van der Waals surface area contributed by atoms with Gasteiger partial charge >= 0.3 is 5.97 Å². The first kappa shape index (κ1) is 14.1. The number of carboxylic acid groups (broad SMARTS) is 1. The third-order valence-corrected chi connectivity index (χ3v) is 2.35. The SMILES string of the molecule is C=CCN(CC(=O)O)C(=O)c1cc(N)cc(Cl)c1. The number of nitrogen functional groups attached to an aromatic ring is 1. The normalized spacial score (nSPS) is 9.83. The Labute approximate surface area is 109 Å². The molecule has 0 fully saturated rings. The summed E-state index contributed by atoms with van der Waals surface area (Å²) in [5.74, 6) is -1.55. The van der Waals surface area contributed by atoms with E-state index in [2.05, 4.69) is 6.58 Å². The lowest BCUT2D eigenvalue weighted by Crippen LogP contribution is -2.35. The van der Waals surface area contributed by atoms with E-state index >= 15 is 0 Å². The van der Waals surface area contributed by atoms with Gasteiger partial charge in [-0.25, -0.2) is 0 Å². The fourth-order valence-electron chi connectivity index (χ4n) is 1.46. The fraction of sp³-hybridized carbons (Fsp3) is 0.167. The van der Waals surface area contributed by atoms with Crippen LogP contribution < -0.4 is 5.73 Å². The lowest BCUT2D eigenvalue weighted by Gasteiger charge is -2.19. The van der Waals surface area contributed by atoms with Crippen molar-refractivity contribution < 1.29 is 14.7 Å². The molecular formula is C12H13ClN2O3. The van der Waals surface area contributed by atoms with Crippen LogP contribution in [0.1, 0.15) is 10.4 Å². The monoisotopic (exact) mass is 268 g/mol. The zero-order valence-corrected chi connectivity index (χ0v) is 10.4. The molecule has 0 spiro atoms. The van der Waals surface area contributed by atoms with Crippen molar-refractivity contribution in [1.29, 1.82) is 0 Å². The van der Waals surface area contributed by atoms with Crippen molar-refractivity contribution >= 4 is 29.2 Å². The van der Waals surface area contributed by atoms with E-state index in [0.717, 1.165) is 4.90 Å². The van der Waals surface area contributed by atoms with Gasteiger partial charge in [0.2, 0.25) is 0 Å². The number of carboxylic acids is 1. The highest BCUT2D eigenvalue weighted by Crippen LogP contribution is 2.18. The molecule has 0 atom stereocenters. The molecule has 0 aliphatic carbocycles. The average Bonchev–Trinajstić information content (AvgIpc) is 2.25. The predicted molar refractivity (Wildman–Crippen MR) is 69.6 cm³/mol. The Kier molecular flexibility index (Phi) is 4.74. The summed E-state index contributed by atoms with van der Waals surface area (Å²) in [6.45, 7) is 3.21. The van der Waals surface area contributed by atoms with E-state index in [9.17, 15) is 9.59 Å².